The molecule has 0 spiro atoms. The Hall–Kier alpha value is -2.45. The van der Waals surface area contributed by atoms with Gasteiger partial charge >= 0.3 is 5.97 Å². The second-order valence-electron chi connectivity index (χ2n) is 5.53. The maximum atomic E-state index is 14.6. The molecule has 0 N–H and O–H groups in total. The molecule has 0 aliphatic carbocycles. The molecule has 0 bridgehead atoms. The van der Waals surface area contributed by atoms with E-state index in [-0.39, 0.29) is 24.8 Å². The minimum Gasteiger partial charge on any atom is -0.493 e. The highest BCUT2D eigenvalue weighted by atomic mass is 19.1. The van der Waals surface area contributed by atoms with Crippen LogP contribution in [-0.4, -0.2) is 43.1 Å². The van der Waals surface area contributed by atoms with Crippen molar-refractivity contribution in [3.63, 3.8) is 0 Å². The summed E-state index contributed by atoms with van der Waals surface area (Å²) in [6, 6.07) is 2.92. The van der Waals surface area contributed by atoms with Gasteiger partial charge in [-0.25, -0.2) is 14.2 Å². The zero-order valence-corrected chi connectivity index (χ0v) is 15.2. The van der Waals surface area contributed by atoms with Gasteiger partial charge in [-0.3, -0.25) is 0 Å². The highest BCUT2D eigenvalue weighted by molar-refractivity contribution is 5.86. The van der Waals surface area contributed by atoms with Gasteiger partial charge in [0.2, 0.25) is 0 Å². The number of aromatic nitrogens is 2. The zero-order valence-electron chi connectivity index (χ0n) is 15.2. The van der Waals surface area contributed by atoms with Crippen molar-refractivity contribution in [1.29, 1.82) is 0 Å². The molecule has 8 heteroatoms. The first-order valence-electron chi connectivity index (χ1n) is 8.25. The van der Waals surface area contributed by atoms with Gasteiger partial charge in [-0.2, -0.15) is 0 Å². The Labute approximate surface area is 151 Å². The van der Waals surface area contributed by atoms with Crippen LogP contribution in [0.2, 0.25) is 0 Å². The number of methoxy groups -OCH3 is 2. The quantitative estimate of drug-likeness (QED) is 0.366. The normalized spacial score (nSPS) is 10.8. The second-order valence-corrected chi connectivity index (χ2v) is 5.53. The van der Waals surface area contributed by atoms with Crippen LogP contribution in [0, 0.1) is 5.82 Å². The lowest BCUT2D eigenvalue weighted by atomic mass is 10.1. The fraction of sp³-hybridized carbons (Fsp3) is 0.444. The molecule has 2 aromatic rings. The van der Waals surface area contributed by atoms with E-state index in [0.29, 0.717) is 17.9 Å². The number of rotatable bonds is 10. The van der Waals surface area contributed by atoms with Crippen LogP contribution < -0.4 is 4.74 Å². The summed E-state index contributed by atoms with van der Waals surface area (Å²) >= 11 is 0. The van der Waals surface area contributed by atoms with E-state index in [1.54, 1.807) is 6.07 Å². The maximum absolute atomic E-state index is 14.6. The largest absolute Gasteiger partial charge is 0.493 e. The standard InChI is InChI=1S/C18H23FN2O5/c1-4-5-6-26-17-8-16(14(19)7-13(17)10-25-12-23-2)21-9-15(20-11-21)18(22)24-3/h7-9,11H,4-6,10,12H2,1-3H3. The second kappa shape index (κ2) is 9.88. The number of esters is 1. The summed E-state index contributed by atoms with van der Waals surface area (Å²) in [5, 5.41) is 0. The summed E-state index contributed by atoms with van der Waals surface area (Å²) in [5.74, 6) is -0.565. The third-order valence-corrected chi connectivity index (χ3v) is 3.60. The molecule has 0 aliphatic rings. The summed E-state index contributed by atoms with van der Waals surface area (Å²) < 4.78 is 36.6. The number of halogens is 1. The van der Waals surface area contributed by atoms with E-state index >= 15 is 0 Å². The van der Waals surface area contributed by atoms with Gasteiger partial charge < -0.3 is 23.5 Å². The van der Waals surface area contributed by atoms with E-state index in [1.165, 1.54) is 37.4 Å². The molecule has 0 aliphatic heterocycles. The highest BCUT2D eigenvalue weighted by Gasteiger charge is 2.16. The molecule has 0 unspecified atom stereocenters. The summed E-state index contributed by atoms with van der Waals surface area (Å²) in [7, 11) is 2.77. The van der Waals surface area contributed by atoms with E-state index < -0.39 is 11.8 Å². The summed E-state index contributed by atoms with van der Waals surface area (Å²) in [4.78, 5) is 15.5. The molecule has 0 saturated carbocycles. The number of imidazole rings is 1. The number of hydrogen-bond acceptors (Lipinski definition) is 6. The Kier molecular flexibility index (Phi) is 7.55. The average molecular weight is 366 g/mol. The predicted molar refractivity (Wildman–Crippen MR) is 91.9 cm³/mol. The fourth-order valence-electron chi connectivity index (χ4n) is 2.25. The van der Waals surface area contributed by atoms with Crippen LogP contribution >= 0.6 is 0 Å². The maximum Gasteiger partial charge on any atom is 0.358 e. The molecule has 1 aromatic heterocycles. The third-order valence-electron chi connectivity index (χ3n) is 3.60. The summed E-state index contributed by atoms with van der Waals surface area (Å²) in [6.07, 6.45) is 4.61. The van der Waals surface area contributed by atoms with Gasteiger partial charge in [0.05, 0.1) is 26.0 Å². The monoisotopic (exact) mass is 366 g/mol. The van der Waals surface area contributed by atoms with Gasteiger partial charge in [0.1, 0.15) is 24.7 Å². The first-order chi connectivity index (χ1) is 12.6. The lowest BCUT2D eigenvalue weighted by molar-refractivity contribution is -0.0396. The number of hydrogen-bond donors (Lipinski definition) is 0. The topological polar surface area (TPSA) is 71.8 Å². The molecule has 142 valence electrons. The van der Waals surface area contributed by atoms with Gasteiger partial charge in [-0.1, -0.05) is 13.3 Å². The van der Waals surface area contributed by atoms with Crippen molar-refractivity contribution in [2.45, 2.75) is 26.4 Å². The van der Waals surface area contributed by atoms with Crippen LogP contribution in [-0.2, 0) is 20.8 Å². The lowest BCUT2D eigenvalue weighted by Gasteiger charge is -2.14. The van der Waals surface area contributed by atoms with Crippen molar-refractivity contribution < 1.29 is 28.1 Å². The molecule has 0 saturated heterocycles. The Bertz CT molecular complexity index is 732. The van der Waals surface area contributed by atoms with Crippen molar-refractivity contribution in [2.75, 3.05) is 27.6 Å². The van der Waals surface area contributed by atoms with Crippen LogP contribution in [0.25, 0.3) is 5.69 Å². The van der Waals surface area contributed by atoms with E-state index in [4.69, 9.17) is 14.2 Å². The van der Waals surface area contributed by atoms with Crippen molar-refractivity contribution in [3.8, 4) is 11.4 Å². The van der Waals surface area contributed by atoms with Crippen LogP contribution in [0.15, 0.2) is 24.7 Å². The van der Waals surface area contributed by atoms with Crippen LogP contribution in [0.3, 0.4) is 0 Å². The SMILES string of the molecule is CCCCOc1cc(-n2cnc(C(=O)OC)c2)c(F)cc1COCOC. The predicted octanol–water partition coefficient (Wildman–Crippen LogP) is 3.10. The number of benzene rings is 1. The molecule has 0 radical (unpaired) electrons. The third kappa shape index (κ3) is 5.03. The molecule has 7 nitrogen and oxygen atoms in total. The summed E-state index contributed by atoms with van der Waals surface area (Å²) in [5.41, 5.74) is 0.884. The fourth-order valence-corrected chi connectivity index (χ4v) is 2.25. The van der Waals surface area contributed by atoms with E-state index in [1.807, 2.05) is 0 Å². The van der Waals surface area contributed by atoms with Crippen LogP contribution in [0.5, 0.6) is 5.75 Å². The van der Waals surface area contributed by atoms with Gasteiger partial charge in [0, 0.05) is 24.9 Å². The Morgan fingerprint density at radius 1 is 1.31 bits per heavy atom. The molecule has 1 heterocycles. The number of unbranched alkanes of at least 4 members (excludes halogenated alkanes) is 1. The van der Waals surface area contributed by atoms with E-state index in [0.717, 1.165) is 12.8 Å². The van der Waals surface area contributed by atoms with Gasteiger partial charge in [-0.05, 0) is 12.5 Å². The minimum atomic E-state index is -0.590. The van der Waals surface area contributed by atoms with E-state index in [9.17, 15) is 9.18 Å². The van der Waals surface area contributed by atoms with Crippen molar-refractivity contribution in [2.24, 2.45) is 0 Å². The summed E-state index contributed by atoms with van der Waals surface area (Å²) in [6.45, 7) is 2.82. The molecular formula is C18H23FN2O5. The lowest BCUT2D eigenvalue weighted by Crippen LogP contribution is -2.06. The molecule has 0 atom stereocenters. The van der Waals surface area contributed by atoms with Gasteiger partial charge in [0.15, 0.2) is 5.69 Å². The van der Waals surface area contributed by atoms with Gasteiger partial charge in [-0.15, -0.1) is 0 Å². The Balaban J connectivity index is 2.32. The number of carbonyl (C=O) groups is 1. The molecule has 0 amide bonds. The first-order valence-corrected chi connectivity index (χ1v) is 8.25. The number of carbonyl (C=O) groups excluding carboxylic acids is 1. The van der Waals surface area contributed by atoms with Crippen molar-refractivity contribution in [1.82, 2.24) is 9.55 Å². The van der Waals surface area contributed by atoms with Crippen LogP contribution in [0.1, 0.15) is 35.8 Å². The van der Waals surface area contributed by atoms with Crippen molar-refractivity contribution >= 4 is 5.97 Å². The zero-order chi connectivity index (χ0) is 18.9. The van der Waals surface area contributed by atoms with Crippen molar-refractivity contribution in [3.05, 3.63) is 41.7 Å². The molecule has 0 fully saturated rings. The van der Waals surface area contributed by atoms with Gasteiger partial charge in [0.25, 0.3) is 0 Å². The minimum absolute atomic E-state index is 0.0906. The molecule has 26 heavy (non-hydrogen) atoms. The van der Waals surface area contributed by atoms with E-state index in [2.05, 4.69) is 16.6 Å². The molecular weight excluding hydrogens is 343 g/mol. The highest BCUT2D eigenvalue weighted by Crippen LogP contribution is 2.27. The number of ether oxygens (including phenoxy) is 4. The average Bonchev–Trinajstić information content (AvgIpc) is 3.13. The molecule has 1 aromatic carbocycles. The number of nitrogens with zero attached hydrogens (tertiary/aromatic N) is 2. The Morgan fingerprint density at radius 2 is 2.12 bits per heavy atom. The van der Waals surface area contributed by atoms with Crippen LogP contribution in [0.4, 0.5) is 4.39 Å². The first kappa shape index (κ1) is 19.9. The Morgan fingerprint density at radius 3 is 2.81 bits per heavy atom. The molecule has 2 rings (SSSR count). The smallest absolute Gasteiger partial charge is 0.358 e.